The van der Waals surface area contributed by atoms with Gasteiger partial charge in [-0.05, 0) is 52.2 Å². The molecule has 2 nitrogen and oxygen atoms in total. The number of ether oxygens (including phenoxy) is 1. The Kier molecular flexibility index (Phi) is 3.87. The van der Waals surface area contributed by atoms with Crippen LogP contribution in [0.5, 0.6) is 0 Å². The van der Waals surface area contributed by atoms with Crippen LogP contribution in [-0.4, -0.2) is 35.8 Å². The van der Waals surface area contributed by atoms with Crippen molar-refractivity contribution in [1.29, 1.82) is 0 Å². The van der Waals surface area contributed by atoms with Gasteiger partial charge in [0.15, 0.2) is 0 Å². The fraction of sp³-hybridized carbons (Fsp3) is 1.00. The lowest BCUT2D eigenvalue weighted by Crippen LogP contribution is -2.52. The molecule has 0 radical (unpaired) electrons. The molecule has 0 aromatic heterocycles. The van der Waals surface area contributed by atoms with Gasteiger partial charge in [0.25, 0.3) is 0 Å². The first-order valence-electron chi connectivity index (χ1n) is 6.48. The van der Waals surface area contributed by atoms with E-state index in [1.807, 2.05) is 11.8 Å². The van der Waals surface area contributed by atoms with E-state index in [4.69, 9.17) is 4.74 Å². The van der Waals surface area contributed by atoms with Crippen molar-refractivity contribution in [2.75, 3.05) is 19.4 Å². The van der Waals surface area contributed by atoms with E-state index in [1.54, 1.807) is 0 Å². The van der Waals surface area contributed by atoms with Crippen LogP contribution in [0.15, 0.2) is 0 Å². The monoisotopic (exact) mass is 243 g/mol. The summed E-state index contributed by atoms with van der Waals surface area (Å²) in [7, 11) is 0. The van der Waals surface area contributed by atoms with E-state index >= 15 is 0 Å². The van der Waals surface area contributed by atoms with E-state index in [9.17, 15) is 0 Å². The summed E-state index contributed by atoms with van der Waals surface area (Å²) < 4.78 is 6.30. The third-order valence-corrected chi connectivity index (χ3v) is 5.38. The van der Waals surface area contributed by atoms with Crippen molar-refractivity contribution in [2.24, 2.45) is 0 Å². The molecule has 1 unspecified atom stereocenters. The largest absolute Gasteiger partial charge is 0.375 e. The zero-order chi connectivity index (χ0) is 11.6. The van der Waals surface area contributed by atoms with Crippen LogP contribution >= 0.6 is 11.8 Å². The van der Waals surface area contributed by atoms with Crippen molar-refractivity contribution in [2.45, 2.75) is 62.3 Å². The number of nitrogens with one attached hydrogen (secondary N) is 1. The van der Waals surface area contributed by atoms with Crippen LogP contribution in [-0.2, 0) is 4.74 Å². The number of hydrogen-bond donors (Lipinski definition) is 1. The fourth-order valence-corrected chi connectivity index (χ4v) is 2.81. The maximum Gasteiger partial charge on any atom is 0.0697 e. The second kappa shape index (κ2) is 4.87. The summed E-state index contributed by atoms with van der Waals surface area (Å²) in [5, 5.41) is 3.74. The van der Waals surface area contributed by atoms with Gasteiger partial charge in [0.05, 0.1) is 5.60 Å². The first-order valence-corrected chi connectivity index (χ1v) is 7.70. The second-order valence-corrected chi connectivity index (χ2v) is 7.43. The molecular formula is C13H25NOS. The van der Waals surface area contributed by atoms with E-state index in [0.717, 1.165) is 13.2 Å². The zero-order valence-electron chi connectivity index (χ0n) is 10.8. The van der Waals surface area contributed by atoms with E-state index in [0.29, 0.717) is 10.8 Å². The standard InChI is InChI=1S/C13H25NOS/c1-12(2,16-3)10-14-11-5-8-15-13(9-11)6-4-7-13/h11,14H,4-10H2,1-3H3. The quantitative estimate of drug-likeness (QED) is 0.820. The minimum Gasteiger partial charge on any atom is -0.375 e. The number of thioether (sulfide) groups is 1. The Morgan fingerprint density at radius 3 is 2.75 bits per heavy atom. The molecule has 1 spiro atoms. The van der Waals surface area contributed by atoms with E-state index in [-0.39, 0.29) is 5.60 Å². The first-order chi connectivity index (χ1) is 7.55. The highest BCUT2D eigenvalue weighted by atomic mass is 32.2. The fourth-order valence-electron chi connectivity index (χ4n) is 2.58. The summed E-state index contributed by atoms with van der Waals surface area (Å²) in [4.78, 5) is 0. The molecule has 2 rings (SSSR count). The van der Waals surface area contributed by atoms with Gasteiger partial charge in [-0.1, -0.05) is 0 Å². The lowest BCUT2D eigenvalue weighted by Gasteiger charge is -2.47. The highest BCUT2D eigenvalue weighted by Crippen LogP contribution is 2.42. The number of rotatable bonds is 4. The van der Waals surface area contributed by atoms with Gasteiger partial charge in [0.1, 0.15) is 0 Å². The third kappa shape index (κ3) is 2.93. The molecule has 1 aliphatic heterocycles. The Bertz CT molecular complexity index is 238. The maximum absolute atomic E-state index is 5.94. The summed E-state index contributed by atoms with van der Waals surface area (Å²) >= 11 is 1.94. The van der Waals surface area contributed by atoms with Crippen LogP contribution in [0.2, 0.25) is 0 Å². The highest BCUT2D eigenvalue weighted by Gasteiger charge is 2.42. The highest BCUT2D eigenvalue weighted by molar-refractivity contribution is 7.99. The van der Waals surface area contributed by atoms with Crippen molar-refractivity contribution in [3.05, 3.63) is 0 Å². The molecule has 94 valence electrons. The summed E-state index contributed by atoms with van der Waals surface area (Å²) in [6.45, 7) is 6.68. The minimum atomic E-state index is 0.277. The summed E-state index contributed by atoms with van der Waals surface area (Å²) in [6, 6.07) is 0.681. The first kappa shape index (κ1) is 12.7. The van der Waals surface area contributed by atoms with Crippen LogP contribution in [0.4, 0.5) is 0 Å². The summed E-state index contributed by atoms with van der Waals surface area (Å²) in [6.07, 6.45) is 8.56. The van der Waals surface area contributed by atoms with Crippen LogP contribution in [0.25, 0.3) is 0 Å². The smallest absolute Gasteiger partial charge is 0.0697 e. The number of hydrogen-bond acceptors (Lipinski definition) is 3. The van der Waals surface area contributed by atoms with Gasteiger partial charge >= 0.3 is 0 Å². The average molecular weight is 243 g/mol. The van der Waals surface area contributed by atoms with Gasteiger partial charge in [0, 0.05) is 23.9 Å². The topological polar surface area (TPSA) is 21.3 Å². The SMILES string of the molecule is CSC(C)(C)CNC1CCOC2(CCC2)C1. The molecule has 1 heterocycles. The van der Waals surface area contributed by atoms with Crippen LogP contribution in [0, 0.1) is 0 Å². The van der Waals surface area contributed by atoms with Crippen LogP contribution < -0.4 is 5.32 Å². The molecule has 1 saturated carbocycles. The van der Waals surface area contributed by atoms with E-state index in [2.05, 4.69) is 25.4 Å². The average Bonchev–Trinajstić information content (AvgIpc) is 2.25. The Morgan fingerprint density at radius 1 is 1.44 bits per heavy atom. The van der Waals surface area contributed by atoms with Gasteiger partial charge in [0.2, 0.25) is 0 Å². The van der Waals surface area contributed by atoms with Gasteiger partial charge in [-0.25, -0.2) is 0 Å². The molecule has 2 aliphatic rings. The maximum atomic E-state index is 5.94. The van der Waals surface area contributed by atoms with Crippen molar-refractivity contribution in [3.8, 4) is 0 Å². The lowest BCUT2D eigenvalue weighted by atomic mass is 9.74. The molecule has 1 N–H and O–H groups in total. The zero-order valence-corrected chi connectivity index (χ0v) is 11.7. The molecule has 1 atom stereocenters. The van der Waals surface area contributed by atoms with Gasteiger partial charge in [-0.3, -0.25) is 0 Å². The molecule has 0 aromatic carbocycles. The van der Waals surface area contributed by atoms with Crippen molar-refractivity contribution in [1.82, 2.24) is 5.32 Å². The molecule has 0 amide bonds. The van der Waals surface area contributed by atoms with Gasteiger partial charge in [-0.15, -0.1) is 0 Å². The Morgan fingerprint density at radius 2 is 2.19 bits per heavy atom. The molecule has 0 bridgehead atoms. The third-order valence-electron chi connectivity index (χ3n) is 4.13. The van der Waals surface area contributed by atoms with Crippen LogP contribution in [0.1, 0.15) is 46.0 Å². The molecule has 0 aromatic rings. The molecule has 16 heavy (non-hydrogen) atoms. The van der Waals surface area contributed by atoms with Crippen molar-refractivity contribution in [3.63, 3.8) is 0 Å². The van der Waals surface area contributed by atoms with Gasteiger partial charge in [-0.2, -0.15) is 11.8 Å². The predicted octanol–water partition coefficient (Wildman–Crippen LogP) is 2.82. The Balaban J connectivity index is 1.77. The summed E-state index contributed by atoms with van der Waals surface area (Å²) in [5.74, 6) is 0. The lowest BCUT2D eigenvalue weighted by molar-refractivity contribution is -0.135. The second-order valence-electron chi connectivity index (χ2n) is 5.92. The van der Waals surface area contributed by atoms with E-state index in [1.165, 1.54) is 32.1 Å². The predicted molar refractivity (Wildman–Crippen MR) is 71.2 cm³/mol. The molecular weight excluding hydrogens is 218 g/mol. The van der Waals surface area contributed by atoms with Crippen molar-refractivity contribution < 1.29 is 4.74 Å². The van der Waals surface area contributed by atoms with Gasteiger partial charge < -0.3 is 10.1 Å². The van der Waals surface area contributed by atoms with Crippen LogP contribution in [0.3, 0.4) is 0 Å². The Labute approximate surface area is 104 Å². The molecule has 3 heteroatoms. The molecule has 1 saturated heterocycles. The Hall–Kier alpha value is 0.270. The minimum absolute atomic E-state index is 0.277. The molecule has 1 aliphatic carbocycles. The van der Waals surface area contributed by atoms with E-state index < -0.39 is 0 Å². The molecule has 2 fully saturated rings. The van der Waals surface area contributed by atoms with Crippen molar-refractivity contribution >= 4 is 11.8 Å². The normalized spacial score (nSPS) is 29.1. The summed E-state index contributed by atoms with van der Waals surface area (Å²) in [5.41, 5.74) is 0.277.